The van der Waals surface area contributed by atoms with Crippen molar-refractivity contribution in [2.45, 2.75) is 16.2 Å². The number of halogens is 2. The molecule has 1 N–H and O–H groups in total. The standard InChI is InChI=1S/C20H12BrClN2O3S2/c21-10-3-1-2-9(8-10)13-14-16(28-17-15(13)29-20(27)23-17)19(26)24(18(14)25)12-6-4-11(22)5-7-12/h1-8,13-14,16H,(H,23,27). The smallest absolute Gasteiger partial charge is 0.305 e. The number of aromatic nitrogens is 1. The van der Waals surface area contributed by atoms with Crippen molar-refractivity contribution in [2.75, 3.05) is 4.90 Å². The Kier molecular flexibility index (Phi) is 4.70. The summed E-state index contributed by atoms with van der Waals surface area (Å²) in [5, 5.41) is 0.608. The van der Waals surface area contributed by atoms with Gasteiger partial charge in [0.2, 0.25) is 11.8 Å². The van der Waals surface area contributed by atoms with Crippen molar-refractivity contribution in [1.29, 1.82) is 0 Å². The Hall–Kier alpha value is -1.87. The van der Waals surface area contributed by atoms with E-state index in [1.165, 1.54) is 16.7 Å². The van der Waals surface area contributed by atoms with E-state index in [1.807, 2.05) is 24.3 Å². The average Bonchev–Trinajstić information content (AvgIpc) is 3.18. The van der Waals surface area contributed by atoms with Crippen LogP contribution in [0.1, 0.15) is 16.4 Å². The van der Waals surface area contributed by atoms with Crippen molar-refractivity contribution < 1.29 is 9.59 Å². The first kappa shape index (κ1) is 19.1. The number of rotatable bonds is 2. The topological polar surface area (TPSA) is 70.2 Å². The van der Waals surface area contributed by atoms with Gasteiger partial charge in [0.1, 0.15) is 5.25 Å². The molecule has 1 fully saturated rings. The summed E-state index contributed by atoms with van der Waals surface area (Å²) >= 11 is 11.8. The van der Waals surface area contributed by atoms with Crippen molar-refractivity contribution in [2.24, 2.45) is 5.92 Å². The number of anilines is 1. The molecule has 1 saturated heterocycles. The summed E-state index contributed by atoms with van der Waals surface area (Å²) in [7, 11) is 0. The second-order valence-corrected chi connectivity index (χ2v) is 10.3. The minimum absolute atomic E-state index is 0.183. The molecule has 5 nitrogen and oxygen atoms in total. The lowest BCUT2D eigenvalue weighted by atomic mass is 9.83. The largest absolute Gasteiger partial charge is 0.307 e. The number of hydrogen-bond acceptors (Lipinski definition) is 5. The molecule has 0 aliphatic carbocycles. The number of nitrogens with zero attached hydrogens (tertiary/aromatic N) is 1. The molecular weight excluding hydrogens is 496 g/mol. The van der Waals surface area contributed by atoms with Crippen LogP contribution in [0, 0.1) is 5.92 Å². The van der Waals surface area contributed by atoms with Crippen LogP contribution in [0.4, 0.5) is 5.69 Å². The van der Waals surface area contributed by atoms with E-state index in [2.05, 4.69) is 20.9 Å². The predicted octanol–water partition coefficient (Wildman–Crippen LogP) is 4.65. The number of carbonyl (C=O) groups excluding carboxylic acids is 2. The van der Waals surface area contributed by atoms with Crippen LogP contribution in [-0.2, 0) is 9.59 Å². The summed E-state index contributed by atoms with van der Waals surface area (Å²) in [6.45, 7) is 0. The quantitative estimate of drug-likeness (QED) is 0.513. The summed E-state index contributed by atoms with van der Waals surface area (Å²) in [6, 6.07) is 14.3. The van der Waals surface area contributed by atoms with Gasteiger partial charge in [-0.1, -0.05) is 62.8 Å². The maximum atomic E-state index is 13.5. The number of aromatic amines is 1. The van der Waals surface area contributed by atoms with Crippen LogP contribution in [0.2, 0.25) is 5.02 Å². The molecule has 9 heteroatoms. The lowest BCUT2D eigenvalue weighted by molar-refractivity contribution is -0.122. The van der Waals surface area contributed by atoms with Crippen LogP contribution in [0.3, 0.4) is 0 Å². The van der Waals surface area contributed by atoms with Crippen molar-refractivity contribution in [1.82, 2.24) is 4.98 Å². The Morgan fingerprint density at radius 3 is 2.52 bits per heavy atom. The third-order valence-corrected chi connectivity index (χ3v) is 8.26. The van der Waals surface area contributed by atoms with E-state index in [-0.39, 0.29) is 22.6 Å². The lowest BCUT2D eigenvalue weighted by Gasteiger charge is -2.29. The number of carbonyl (C=O) groups is 2. The highest BCUT2D eigenvalue weighted by Gasteiger charge is 2.56. The molecule has 2 aliphatic heterocycles. The van der Waals surface area contributed by atoms with E-state index < -0.39 is 11.2 Å². The van der Waals surface area contributed by atoms with Gasteiger partial charge in [-0.25, -0.2) is 4.90 Å². The van der Waals surface area contributed by atoms with Gasteiger partial charge < -0.3 is 4.98 Å². The molecule has 0 bridgehead atoms. The zero-order valence-corrected chi connectivity index (χ0v) is 18.6. The first-order valence-corrected chi connectivity index (χ1v) is 11.6. The average molecular weight is 508 g/mol. The highest BCUT2D eigenvalue weighted by molar-refractivity contribution is 9.10. The SMILES string of the molecule is O=C1C2Sc3[nH]c(=O)sc3C(c3cccc(Br)c3)C2C(=O)N1c1ccc(Cl)cc1. The van der Waals surface area contributed by atoms with Gasteiger partial charge in [0.05, 0.1) is 16.6 Å². The van der Waals surface area contributed by atoms with Gasteiger partial charge in [0.15, 0.2) is 0 Å². The molecule has 146 valence electrons. The molecule has 3 heterocycles. The summed E-state index contributed by atoms with van der Waals surface area (Å²) in [5.74, 6) is -1.49. The maximum Gasteiger partial charge on any atom is 0.305 e. The Morgan fingerprint density at radius 1 is 1.03 bits per heavy atom. The van der Waals surface area contributed by atoms with Crippen LogP contribution >= 0.6 is 50.6 Å². The van der Waals surface area contributed by atoms with E-state index in [4.69, 9.17) is 11.6 Å². The van der Waals surface area contributed by atoms with Crippen molar-refractivity contribution in [3.8, 4) is 0 Å². The number of imide groups is 1. The highest BCUT2D eigenvalue weighted by Crippen LogP contribution is 2.53. The second kappa shape index (κ2) is 7.12. The van der Waals surface area contributed by atoms with Gasteiger partial charge in [-0.05, 0) is 42.0 Å². The van der Waals surface area contributed by atoms with Crippen LogP contribution in [0.5, 0.6) is 0 Å². The fourth-order valence-corrected chi connectivity index (χ4v) is 6.98. The van der Waals surface area contributed by atoms with Crippen molar-refractivity contribution in [3.05, 3.63) is 78.1 Å². The van der Waals surface area contributed by atoms with E-state index in [1.54, 1.807) is 24.3 Å². The number of amides is 2. The van der Waals surface area contributed by atoms with Crippen LogP contribution < -0.4 is 9.77 Å². The van der Waals surface area contributed by atoms with E-state index in [0.29, 0.717) is 15.7 Å². The Bertz CT molecular complexity index is 1210. The lowest BCUT2D eigenvalue weighted by Crippen LogP contribution is -2.32. The van der Waals surface area contributed by atoms with Crippen LogP contribution in [0.15, 0.2) is 62.8 Å². The predicted molar refractivity (Wildman–Crippen MR) is 118 cm³/mol. The third-order valence-electron chi connectivity index (χ3n) is 5.12. The summed E-state index contributed by atoms with van der Waals surface area (Å²) in [5.41, 5.74) is 1.40. The van der Waals surface area contributed by atoms with E-state index in [9.17, 15) is 14.4 Å². The first-order chi connectivity index (χ1) is 13.9. The van der Waals surface area contributed by atoms with Gasteiger partial charge >= 0.3 is 4.87 Å². The second-order valence-electron chi connectivity index (χ2n) is 6.79. The number of thioether (sulfide) groups is 1. The molecule has 3 unspecified atom stereocenters. The van der Waals surface area contributed by atoms with Gasteiger partial charge in [0.25, 0.3) is 0 Å². The number of hydrogen-bond donors (Lipinski definition) is 1. The van der Waals surface area contributed by atoms with Gasteiger partial charge in [-0.15, -0.1) is 0 Å². The molecule has 2 amide bonds. The van der Waals surface area contributed by atoms with Crippen LogP contribution in [-0.4, -0.2) is 22.0 Å². The molecule has 0 radical (unpaired) electrons. The summed E-state index contributed by atoms with van der Waals surface area (Å²) < 4.78 is 0.875. The number of thiazole rings is 1. The Labute approximate surface area is 187 Å². The fourth-order valence-electron chi connectivity index (χ4n) is 3.92. The summed E-state index contributed by atoms with van der Waals surface area (Å²) in [4.78, 5) is 43.5. The van der Waals surface area contributed by atoms with Gasteiger partial charge in [-0.2, -0.15) is 0 Å². The molecular formula is C20H12BrClN2O3S2. The Morgan fingerprint density at radius 2 is 1.79 bits per heavy atom. The molecule has 3 atom stereocenters. The number of fused-ring (bicyclic) bond motifs is 2. The number of benzene rings is 2. The minimum Gasteiger partial charge on any atom is -0.307 e. The minimum atomic E-state index is -0.597. The van der Waals surface area contributed by atoms with Crippen molar-refractivity contribution >= 4 is 68.1 Å². The third kappa shape index (κ3) is 3.09. The van der Waals surface area contributed by atoms with Gasteiger partial charge in [-0.3, -0.25) is 14.4 Å². The molecule has 1 aromatic heterocycles. The fraction of sp³-hybridized carbons (Fsp3) is 0.150. The maximum absolute atomic E-state index is 13.5. The summed E-state index contributed by atoms with van der Waals surface area (Å²) in [6.07, 6.45) is 0. The molecule has 2 aromatic carbocycles. The molecule has 2 aliphatic rings. The van der Waals surface area contributed by atoms with Crippen molar-refractivity contribution in [3.63, 3.8) is 0 Å². The molecule has 3 aromatic rings. The molecule has 29 heavy (non-hydrogen) atoms. The number of nitrogens with one attached hydrogen (secondary N) is 1. The molecule has 0 saturated carbocycles. The number of H-pyrrole nitrogens is 1. The van der Waals surface area contributed by atoms with E-state index >= 15 is 0 Å². The monoisotopic (exact) mass is 506 g/mol. The highest BCUT2D eigenvalue weighted by atomic mass is 79.9. The van der Waals surface area contributed by atoms with Crippen LogP contribution in [0.25, 0.3) is 0 Å². The zero-order chi connectivity index (χ0) is 20.3. The normalized spacial score (nSPS) is 23.2. The molecule has 0 spiro atoms. The van der Waals surface area contributed by atoms with E-state index in [0.717, 1.165) is 26.3 Å². The first-order valence-electron chi connectivity index (χ1n) is 8.72. The Balaban J connectivity index is 1.66. The van der Waals surface area contributed by atoms with Gasteiger partial charge in [0, 0.05) is 20.3 Å². The zero-order valence-electron chi connectivity index (χ0n) is 14.6. The molecule has 5 rings (SSSR count).